The zero-order valence-electron chi connectivity index (χ0n) is 15.0. The minimum Gasteiger partial charge on any atom is -0.462 e. The van der Waals surface area contributed by atoms with E-state index in [0.717, 1.165) is 12.8 Å². The summed E-state index contributed by atoms with van der Waals surface area (Å²) in [5.74, 6) is -0.173. The van der Waals surface area contributed by atoms with Crippen LogP contribution in [-0.2, 0) is 9.53 Å². The number of allylic oxidation sites excluding steroid dienone is 1. The molecule has 0 amide bonds. The minimum atomic E-state index is -2.99. The summed E-state index contributed by atoms with van der Waals surface area (Å²) in [5, 5.41) is 7.16. The first-order chi connectivity index (χ1) is 13.0. The van der Waals surface area contributed by atoms with Crippen molar-refractivity contribution < 1.29 is 23.0 Å². The second-order valence-electron chi connectivity index (χ2n) is 6.00. The number of nitrogens with one attached hydrogen (secondary N) is 1. The number of hydrogen-bond acceptors (Lipinski definition) is 6. The van der Waals surface area contributed by atoms with Gasteiger partial charge in [-0.25, -0.2) is 9.48 Å². The summed E-state index contributed by atoms with van der Waals surface area (Å²) < 4.78 is 37.2. The van der Waals surface area contributed by atoms with Gasteiger partial charge in [-0.2, -0.15) is 18.9 Å². The normalized spacial score (nSPS) is 16.1. The number of carbonyl (C=O) groups is 1. The van der Waals surface area contributed by atoms with Crippen LogP contribution in [0.2, 0.25) is 0 Å². The quantitative estimate of drug-likeness (QED) is 0.587. The van der Waals surface area contributed by atoms with Gasteiger partial charge < -0.3 is 14.8 Å². The van der Waals surface area contributed by atoms with Crippen molar-refractivity contribution in [2.45, 2.75) is 39.3 Å². The Hall–Kier alpha value is -2.97. The van der Waals surface area contributed by atoms with Crippen molar-refractivity contribution in [3.63, 3.8) is 0 Å². The molecule has 144 valence electrons. The molecule has 1 aromatic heterocycles. The molecular formula is C18H20F2N4O3. The van der Waals surface area contributed by atoms with Crippen LogP contribution in [0, 0.1) is 0 Å². The largest absolute Gasteiger partial charge is 0.462 e. The average Bonchev–Trinajstić information content (AvgIpc) is 3.08. The topological polar surface area (TPSA) is 78.3 Å². The number of fused-ring (bicyclic) bond motifs is 1. The highest BCUT2D eigenvalue weighted by Gasteiger charge is 2.36. The Balaban J connectivity index is 2.06. The number of hydrogen-bond donors (Lipinski definition) is 1. The van der Waals surface area contributed by atoms with Crippen molar-refractivity contribution in [3.8, 4) is 5.75 Å². The van der Waals surface area contributed by atoms with Gasteiger partial charge in [-0.15, -0.1) is 0 Å². The average molecular weight is 378 g/mol. The molecule has 1 aliphatic heterocycles. The highest BCUT2D eigenvalue weighted by Crippen LogP contribution is 2.39. The number of esters is 1. The highest BCUT2D eigenvalue weighted by molar-refractivity contribution is 5.92. The monoisotopic (exact) mass is 378 g/mol. The van der Waals surface area contributed by atoms with E-state index in [1.807, 2.05) is 6.92 Å². The Kier molecular flexibility index (Phi) is 5.68. The summed E-state index contributed by atoms with van der Waals surface area (Å²) in [4.78, 5) is 16.9. The molecule has 0 fully saturated rings. The molecule has 7 nitrogen and oxygen atoms in total. The molecule has 0 spiro atoms. The van der Waals surface area contributed by atoms with Crippen molar-refractivity contribution in [3.05, 3.63) is 47.4 Å². The van der Waals surface area contributed by atoms with E-state index < -0.39 is 18.6 Å². The Bertz CT molecular complexity index is 851. The third-order valence-electron chi connectivity index (χ3n) is 4.17. The number of carbonyl (C=O) groups excluding carboxylic acids is 1. The first kappa shape index (κ1) is 18.8. The first-order valence-corrected chi connectivity index (χ1v) is 8.61. The van der Waals surface area contributed by atoms with Crippen LogP contribution >= 0.6 is 0 Å². The molecule has 0 unspecified atom stereocenters. The zero-order chi connectivity index (χ0) is 19.4. The fourth-order valence-electron chi connectivity index (χ4n) is 2.94. The van der Waals surface area contributed by atoms with Gasteiger partial charge in [-0.3, -0.25) is 0 Å². The molecule has 2 aromatic rings. The van der Waals surface area contributed by atoms with E-state index in [-0.39, 0.29) is 17.9 Å². The number of para-hydroxylation sites is 1. The molecule has 9 heteroatoms. The lowest BCUT2D eigenvalue weighted by atomic mass is 9.95. The van der Waals surface area contributed by atoms with Crippen molar-refractivity contribution in [2.75, 3.05) is 11.9 Å². The summed E-state index contributed by atoms with van der Waals surface area (Å²) in [7, 11) is 0. The highest BCUT2D eigenvalue weighted by atomic mass is 19.3. The van der Waals surface area contributed by atoms with Gasteiger partial charge in [0.05, 0.1) is 12.2 Å². The van der Waals surface area contributed by atoms with Gasteiger partial charge in [0.25, 0.3) is 0 Å². The lowest BCUT2D eigenvalue weighted by Crippen LogP contribution is -2.30. The van der Waals surface area contributed by atoms with Gasteiger partial charge >= 0.3 is 12.6 Å². The third-order valence-corrected chi connectivity index (χ3v) is 4.17. The van der Waals surface area contributed by atoms with E-state index in [4.69, 9.17) is 4.74 Å². The second kappa shape index (κ2) is 8.15. The molecule has 2 heterocycles. The number of alkyl halides is 2. The number of aromatic nitrogens is 3. The SMILES string of the molecule is CCCCOC(=O)C1=C(C)Nc2ncnn2[C@H]1c1ccccc1OC(F)F. The maximum atomic E-state index is 12.9. The van der Waals surface area contributed by atoms with Crippen LogP contribution in [0.25, 0.3) is 0 Å². The summed E-state index contributed by atoms with van der Waals surface area (Å²) >= 11 is 0. The summed E-state index contributed by atoms with van der Waals surface area (Å²) in [6, 6.07) is 5.51. The lowest BCUT2D eigenvalue weighted by molar-refractivity contribution is -0.139. The summed E-state index contributed by atoms with van der Waals surface area (Å²) in [5.41, 5.74) is 1.16. The molecule has 0 bridgehead atoms. The van der Waals surface area contributed by atoms with Crippen LogP contribution in [0.4, 0.5) is 14.7 Å². The van der Waals surface area contributed by atoms with E-state index >= 15 is 0 Å². The number of anilines is 1. The number of benzene rings is 1. The van der Waals surface area contributed by atoms with E-state index in [1.165, 1.54) is 17.1 Å². The predicted octanol–water partition coefficient (Wildman–Crippen LogP) is 3.51. The van der Waals surface area contributed by atoms with Crippen molar-refractivity contribution >= 4 is 11.9 Å². The van der Waals surface area contributed by atoms with Crippen LogP contribution in [0.3, 0.4) is 0 Å². The Morgan fingerprint density at radius 3 is 2.89 bits per heavy atom. The molecule has 0 aliphatic carbocycles. The molecule has 3 rings (SSSR count). The van der Waals surface area contributed by atoms with Gasteiger partial charge in [0.2, 0.25) is 5.95 Å². The molecule has 0 saturated heterocycles. The third kappa shape index (κ3) is 3.91. The summed E-state index contributed by atoms with van der Waals surface area (Å²) in [6.07, 6.45) is 2.94. The van der Waals surface area contributed by atoms with Crippen molar-refractivity contribution in [1.82, 2.24) is 14.8 Å². The predicted molar refractivity (Wildman–Crippen MR) is 93.4 cm³/mol. The fraction of sp³-hybridized carbons (Fsp3) is 0.389. The van der Waals surface area contributed by atoms with Crippen molar-refractivity contribution in [2.24, 2.45) is 0 Å². The maximum Gasteiger partial charge on any atom is 0.387 e. The van der Waals surface area contributed by atoms with Crippen LogP contribution in [0.15, 0.2) is 41.9 Å². The van der Waals surface area contributed by atoms with Gasteiger partial charge in [0.15, 0.2) is 0 Å². The Morgan fingerprint density at radius 2 is 2.15 bits per heavy atom. The van der Waals surface area contributed by atoms with Crippen LogP contribution < -0.4 is 10.1 Å². The van der Waals surface area contributed by atoms with Crippen LogP contribution in [0.1, 0.15) is 38.3 Å². The van der Waals surface area contributed by atoms with E-state index in [9.17, 15) is 13.6 Å². The Morgan fingerprint density at radius 1 is 1.37 bits per heavy atom. The van der Waals surface area contributed by atoms with Crippen LogP contribution in [0.5, 0.6) is 5.75 Å². The van der Waals surface area contributed by atoms with Gasteiger partial charge in [0, 0.05) is 11.3 Å². The smallest absolute Gasteiger partial charge is 0.387 e. The molecule has 1 aromatic carbocycles. The van der Waals surface area contributed by atoms with E-state index in [0.29, 0.717) is 17.2 Å². The van der Waals surface area contributed by atoms with E-state index in [1.54, 1.807) is 25.1 Å². The molecule has 1 N–H and O–H groups in total. The number of halogens is 2. The van der Waals surface area contributed by atoms with Gasteiger partial charge in [0.1, 0.15) is 18.1 Å². The summed E-state index contributed by atoms with van der Waals surface area (Å²) in [6.45, 7) is 0.979. The molecule has 1 aliphatic rings. The molecule has 0 saturated carbocycles. The van der Waals surface area contributed by atoms with Crippen LogP contribution in [-0.4, -0.2) is 34.0 Å². The zero-order valence-corrected chi connectivity index (χ0v) is 15.0. The molecule has 27 heavy (non-hydrogen) atoms. The molecular weight excluding hydrogens is 358 g/mol. The fourth-order valence-corrected chi connectivity index (χ4v) is 2.94. The maximum absolute atomic E-state index is 12.9. The second-order valence-corrected chi connectivity index (χ2v) is 6.00. The van der Waals surface area contributed by atoms with Gasteiger partial charge in [-0.1, -0.05) is 31.5 Å². The first-order valence-electron chi connectivity index (χ1n) is 8.61. The molecule has 1 atom stereocenters. The Labute approximate surface area is 155 Å². The van der Waals surface area contributed by atoms with Crippen molar-refractivity contribution in [1.29, 1.82) is 0 Å². The number of unbranched alkanes of at least 4 members (excludes halogenated alkanes) is 1. The number of ether oxygens (including phenoxy) is 2. The lowest BCUT2D eigenvalue weighted by Gasteiger charge is -2.29. The van der Waals surface area contributed by atoms with Gasteiger partial charge in [-0.05, 0) is 19.4 Å². The van der Waals surface area contributed by atoms with E-state index in [2.05, 4.69) is 20.1 Å². The number of nitrogens with zero attached hydrogens (tertiary/aromatic N) is 3. The molecule has 0 radical (unpaired) electrons. The minimum absolute atomic E-state index is 0.0347. The number of rotatable bonds is 7. The standard InChI is InChI=1S/C18H20F2N4O3/c1-3-4-9-26-16(25)14-11(2)23-18-21-10-22-24(18)15(14)12-7-5-6-8-13(12)27-17(19)20/h5-8,10,15,17H,3-4,9H2,1-2H3,(H,21,22,23)/t15-/m0/s1.